The smallest absolute Gasteiger partial charge is 0.129 e. The van der Waals surface area contributed by atoms with Gasteiger partial charge in [-0.1, -0.05) is 18.2 Å². The summed E-state index contributed by atoms with van der Waals surface area (Å²) in [7, 11) is 0. The molecule has 0 radical (unpaired) electrons. The normalized spacial score (nSPS) is 12.5. The van der Waals surface area contributed by atoms with Gasteiger partial charge in [0.15, 0.2) is 0 Å². The van der Waals surface area contributed by atoms with Gasteiger partial charge >= 0.3 is 0 Å². The van der Waals surface area contributed by atoms with Crippen molar-refractivity contribution in [2.75, 3.05) is 0 Å². The van der Waals surface area contributed by atoms with E-state index in [1.807, 2.05) is 24.3 Å². The Morgan fingerprint density at radius 3 is 2.94 bits per heavy atom. The molecule has 0 saturated carbocycles. The number of para-hydroxylation sites is 1. The summed E-state index contributed by atoms with van der Waals surface area (Å²) in [5.74, 6) is -0.188. The molecule has 1 heterocycles. The average Bonchev–Trinajstić information content (AvgIpc) is 2.74. The second-order valence-electron chi connectivity index (χ2n) is 4.14. The number of aromatic amines is 1. The van der Waals surface area contributed by atoms with Crippen molar-refractivity contribution in [3.05, 3.63) is 30.0 Å². The number of nitrogens with one attached hydrogen (secondary N) is 1. The second kappa shape index (κ2) is 4.91. The van der Waals surface area contributed by atoms with Crippen LogP contribution in [0.1, 0.15) is 31.4 Å². The van der Waals surface area contributed by atoms with Crippen LogP contribution in [0.3, 0.4) is 0 Å². The Balaban J connectivity index is 2.30. The van der Waals surface area contributed by atoms with Gasteiger partial charge in [0.2, 0.25) is 0 Å². The SMILES string of the molecule is CC(=O)CCC(C=O)c1[nH]nc2ccccc12. The molecule has 0 fully saturated rings. The number of H-pyrrole nitrogens is 1. The van der Waals surface area contributed by atoms with Gasteiger partial charge in [-0.05, 0) is 19.4 Å². The van der Waals surface area contributed by atoms with Crippen LogP contribution in [0.5, 0.6) is 0 Å². The van der Waals surface area contributed by atoms with Gasteiger partial charge in [0.05, 0.1) is 17.1 Å². The van der Waals surface area contributed by atoms with Crippen LogP contribution < -0.4 is 0 Å². The minimum absolute atomic E-state index is 0.0978. The van der Waals surface area contributed by atoms with E-state index in [2.05, 4.69) is 10.2 Å². The minimum Gasteiger partial charge on any atom is -0.303 e. The predicted octanol–water partition coefficient (Wildman–Crippen LogP) is 2.21. The molecule has 1 N–H and O–H groups in total. The molecule has 0 aliphatic carbocycles. The first-order valence-corrected chi connectivity index (χ1v) is 5.60. The minimum atomic E-state index is -0.286. The van der Waals surface area contributed by atoms with Crippen LogP contribution in [0, 0.1) is 0 Å². The van der Waals surface area contributed by atoms with E-state index < -0.39 is 0 Å². The van der Waals surface area contributed by atoms with E-state index in [4.69, 9.17) is 0 Å². The van der Waals surface area contributed by atoms with Crippen molar-refractivity contribution >= 4 is 23.0 Å². The van der Waals surface area contributed by atoms with Crippen molar-refractivity contribution in [2.45, 2.75) is 25.7 Å². The summed E-state index contributed by atoms with van der Waals surface area (Å²) in [6.45, 7) is 1.53. The number of carbonyl (C=O) groups is 2. The van der Waals surface area contributed by atoms with E-state index in [9.17, 15) is 9.59 Å². The lowest BCUT2D eigenvalue weighted by molar-refractivity contribution is -0.117. The highest BCUT2D eigenvalue weighted by atomic mass is 16.1. The van der Waals surface area contributed by atoms with Crippen molar-refractivity contribution in [3.8, 4) is 0 Å². The highest BCUT2D eigenvalue weighted by Gasteiger charge is 2.16. The van der Waals surface area contributed by atoms with E-state index in [1.54, 1.807) is 0 Å². The van der Waals surface area contributed by atoms with Crippen molar-refractivity contribution in [2.24, 2.45) is 0 Å². The molecular weight excluding hydrogens is 216 g/mol. The Labute approximate surface area is 99.0 Å². The maximum Gasteiger partial charge on any atom is 0.129 e. The number of aldehydes is 1. The second-order valence-corrected chi connectivity index (χ2v) is 4.14. The van der Waals surface area contributed by atoms with Gasteiger partial charge in [-0.15, -0.1) is 0 Å². The highest BCUT2D eigenvalue weighted by molar-refractivity contribution is 5.85. The summed E-state index contributed by atoms with van der Waals surface area (Å²) in [4.78, 5) is 22.1. The number of benzene rings is 1. The van der Waals surface area contributed by atoms with Crippen LogP contribution in [0.4, 0.5) is 0 Å². The number of aromatic nitrogens is 2. The third-order valence-electron chi connectivity index (χ3n) is 2.83. The molecule has 1 unspecified atom stereocenters. The molecule has 4 nitrogen and oxygen atoms in total. The molecule has 0 aliphatic rings. The van der Waals surface area contributed by atoms with E-state index >= 15 is 0 Å². The number of carbonyl (C=O) groups excluding carboxylic acids is 2. The Morgan fingerprint density at radius 1 is 1.47 bits per heavy atom. The Morgan fingerprint density at radius 2 is 2.24 bits per heavy atom. The van der Waals surface area contributed by atoms with Crippen LogP contribution in [0.25, 0.3) is 10.9 Å². The summed E-state index contributed by atoms with van der Waals surface area (Å²) < 4.78 is 0. The topological polar surface area (TPSA) is 62.8 Å². The van der Waals surface area contributed by atoms with Crippen LogP contribution in [0.2, 0.25) is 0 Å². The standard InChI is InChI=1S/C13H14N2O2/c1-9(17)6-7-10(8-16)13-11-4-2-3-5-12(11)14-15-13/h2-5,8,10H,6-7H2,1H3,(H,14,15). The van der Waals surface area contributed by atoms with Gasteiger partial charge in [0, 0.05) is 11.8 Å². The zero-order chi connectivity index (χ0) is 12.3. The lowest BCUT2D eigenvalue weighted by Gasteiger charge is -2.06. The Hall–Kier alpha value is -1.97. The first-order chi connectivity index (χ1) is 8.22. The van der Waals surface area contributed by atoms with Gasteiger partial charge < -0.3 is 9.59 Å². The maximum atomic E-state index is 11.1. The Kier molecular flexibility index (Phi) is 3.32. The van der Waals surface area contributed by atoms with Crippen LogP contribution in [0.15, 0.2) is 24.3 Å². The summed E-state index contributed by atoms with van der Waals surface area (Å²) in [6.07, 6.45) is 1.82. The first-order valence-electron chi connectivity index (χ1n) is 5.60. The average molecular weight is 230 g/mol. The van der Waals surface area contributed by atoms with Gasteiger partial charge in [-0.2, -0.15) is 5.10 Å². The molecule has 1 aromatic carbocycles. The summed E-state index contributed by atoms with van der Waals surface area (Å²) in [6, 6.07) is 7.63. The molecule has 17 heavy (non-hydrogen) atoms. The van der Waals surface area contributed by atoms with Crippen molar-refractivity contribution in [1.82, 2.24) is 10.2 Å². The van der Waals surface area contributed by atoms with Crippen LogP contribution in [-0.2, 0) is 9.59 Å². The predicted molar refractivity (Wildman–Crippen MR) is 64.8 cm³/mol. The molecule has 88 valence electrons. The molecule has 1 aromatic heterocycles. The lowest BCUT2D eigenvalue weighted by Crippen LogP contribution is -2.04. The number of hydrogen-bond acceptors (Lipinski definition) is 3. The van der Waals surface area contributed by atoms with Gasteiger partial charge in [0.25, 0.3) is 0 Å². The largest absolute Gasteiger partial charge is 0.303 e. The molecule has 4 heteroatoms. The summed E-state index contributed by atoms with van der Waals surface area (Å²) in [5.41, 5.74) is 1.65. The van der Waals surface area contributed by atoms with E-state index in [0.717, 1.165) is 22.9 Å². The quantitative estimate of drug-likeness (QED) is 0.801. The van der Waals surface area contributed by atoms with Gasteiger partial charge in [-0.3, -0.25) is 5.10 Å². The maximum absolute atomic E-state index is 11.1. The molecule has 2 rings (SSSR count). The fraction of sp³-hybridized carbons (Fsp3) is 0.308. The highest BCUT2D eigenvalue weighted by Crippen LogP contribution is 2.25. The molecule has 0 spiro atoms. The van der Waals surface area contributed by atoms with Crippen LogP contribution in [-0.4, -0.2) is 22.3 Å². The summed E-state index contributed by atoms with van der Waals surface area (Å²) >= 11 is 0. The zero-order valence-electron chi connectivity index (χ0n) is 9.64. The number of ketones is 1. The fourth-order valence-electron chi connectivity index (χ4n) is 1.90. The molecule has 1 atom stereocenters. The van der Waals surface area contributed by atoms with E-state index in [1.165, 1.54) is 6.92 Å². The zero-order valence-corrected chi connectivity index (χ0v) is 9.64. The van der Waals surface area contributed by atoms with Crippen LogP contribution >= 0.6 is 0 Å². The Bertz CT molecular complexity index is 545. The molecule has 0 aliphatic heterocycles. The van der Waals surface area contributed by atoms with E-state index in [0.29, 0.717) is 12.8 Å². The molecule has 2 aromatic rings. The monoisotopic (exact) mass is 230 g/mol. The number of rotatable bonds is 5. The van der Waals surface area contributed by atoms with Gasteiger partial charge in [0.1, 0.15) is 12.1 Å². The molecule has 0 bridgehead atoms. The van der Waals surface area contributed by atoms with Gasteiger partial charge in [-0.25, -0.2) is 0 Å². The number of hydrogen-bond donors (Lipinski definition) is 1. The van der Waals surface area contributed by atoms with Crippen molar-refractivity contribution < 1.29 is 9.59 Å². The third-order valence-corrected chi connectivity index (χ3v) is 2.83. The number of nitrogens with zero attached hydrogens (tertiary/aromatic N) is 1. The first kappa shape index (κ1) is 11.5. The van der Waals surface area contributed by atoms with E-state index in [-0.39, 0.29) is 11.7 Å². The molecule has 0 amide bonds. The molecule has 0 saturated heterocycles. The number of fused-ring (bicyclic) bond motifs is 1. The molecular formula is C13H14N2O2. The number of Topliss-reactive ketones (excluding diaryl/α,β-unsaturated/α-hetero) is 1. The van der Waals surface area contributed by atoms with Crippen molar-refractivity contribution in [1.29, 1.82) is 0 Å². The summed E-state index contributed by atoms with van der Waals surface area (Å²) in [5, 5.41) is 7.99. The lowest BCUT2D eigenvalue weighted by atomic mass is 9.97. The van der Waals surface area contributed by atoms with Crippen molar-refractivity contribution in [3.63, 3.8) is 0 Å². The third kappa shape index (κ3) is 2.41. The fourth-order valence-corrected chi connectivity index (χ4v) is 1.90.